The molecule has 13 heteroatoms. The van der Waals surface area contributed by atoms with Crippen LogP contribution in [0.4, 0.5) is 8.78 Å². The van der Waals surface area contributed by atoms with Gasteiger partial charge in [0.1, 0.15) is 12.3 Å². The second kappa shape index (κ2) is 11.0. The number of halogens is 3. The molecule has 1 aliphatic rings. The molecule has 9 nitrogen and oxygen atoms in total. The van der Waals surface area contributed by atoms with Gasteiger partial charge < -0.3 is 19.6 Å². The van der Waals surface area contributed by atoms with Crippen LogP contribution in [0.25, 0.3) is 22.3 Å². The average molecular weight is 540 g/mol. The highest BCUT2D eigenvalue weighted by Gasteiger charge is 2.37. The quantitative estimate of drug-likeness (QED) is 0.223. The number of fused-ring (bicyclic) bond motifs is 1. The predicted molar refractivity (Wildman–Crippen MR) is 134 cm³/mol. The molecule has 192 valence electrons. The number of aromatic nitrogens is 3. The molecule has 0 aliphatic carbocycles. The molecule has 2 aromatic heterocycles. The van der Waals surface area contributed by atoms with Crippen molar-refractivity contribution in [2.45, 2.75) is 17.5 Å². The number of likely N-dealkylation sites (tertiary alicyclic amines) is 1. The molecular formula is C23H24ClF2N5O4S. The lowest BCUT2D eigenvalue weighted by atomic mass is 10.1. The molecule has 1 fully saturated rings. The normalized spacial score (nSPS) is 15.7. The fraction of sp³-hybridized carbons (Fsp3) is 0.391. The molecule has 0 unspecified atom stereocenters. The Morgan fingerprint density at radius 2 is 2.19 bits per heavy atom. The number of aromatic amines is 1. The third kappa shape index (κ3) is 5.88. The van der Waals surface area contributed by atoms with Crippen LogP contribution < -0.4 is 9.47 Å². The van der Waals surface area contributed by atoms with E-state index in [4.69, 9.17) is 26.2 Å². The van der Waals surface area contributed by atoms with E-state index >= 15 is 0 Å². The SMILES string of the molecule is CN=Cc1c[nH]c2nc(SCC(=O)O)nc(-c3cc(OCCN4CCC(F)(F)C4)c(OC)cc3Cl)c12. The first-order valence-electron chi connectivity index (χ1n) is 11.0. The van der Waals surface area contributed by atoms with Crippen molar-refractivity contribution in [3.05, 3.63) is 28.9 Å². The lowest BCUT2D eigenvalue weighted by Crippen LogP contribution is -2.29. The summed E-state index contributed by atoms with van der Waals surface area (Å²) in [5, 5.41) is 10.3. The van der Waals surface area contributed by atoms with Gasteiger partial charge in [-0.15, -0.1) is 0 Å². The van der Waals surface area contributed by atoms with Crippen LogP contribution >= 0.6 is 23.4 Å². The molecule has 1 saturated heterocycles. The van der Waals surface area contributed by atoms with Gasteiger partial charge in [0.25, 0.3) is 5.92 Å². The maximum atomic E-state index is 13.5. The number of hydrogen-bond donors (Lipinski definition) is 2. The zero-order valence-electron chi connectivity index (χ0n) is 19.6. The third-order valence-electron chi connectivity index (χ3n) is 5.56. The summed E-state index contributed by atoms with van der Waals surface area (Å²) in [6.07, 6.45) is 3.21. The van der Waals surface area contributed by atoms with E-state index in [-0.39, 0.29) is 30.5 Å². The molecule has 0 atom stereocenters. The van der Waals surface area contributed by atoms with E-state index in [1.165, 1.54) is 7.11 Å². The number of carboxylic acid groups (broad SMARTS) is 1. The van der Waals surface area contributed by atoms with Gasteiger partial charge in [-0.1, -0.05) is 23.4 Å². The maximum absolute atomic E-state index is 13.5. The number of aliphatic imine (C=N–C) groups is 1. The van der Waals surface area contributed by atoms with Crippen molar-refractivity contribution in [2.24, 2.45) is 4.99 Å². The molecule has 4 rings (SSSR count). The molecular weight excluding hydrogens is 516 g/mol. The standard InChI is InChI=1S/C23H24ClF2N5O4S/c1-27-9-13-10-28-21-19(13)20(29-22(30-21)36-11-18(32)33)14-7-17(16(34-2)8-15(14)24)35-6-5-31-4-3-23(25,26)12-31/h7-10H,3-6,11-12H2,1-2H3,(H,32,33)(H,28,29,30). The number of methoxy groups -OCH3 is 1. The summed E-state index contributed by atoms with van der Waals surface area (Å²) in [4.78, 5) is 28.9. The summed E-state index contributed by atoms with van der Waals surface area (Å²) in [5.74, 6) is -3.13. The van der Waals surface area contributed by atoms with Crippen molar-refractivity contribution >= 4 is 46.6 Å². The van der Waals surface area contributed by atoms with Gasteiger partial charge in [-0.25, -0.2) is 18.7 Å². The molecule has 0 spiro atoms. The van der Waals surface area contributed by atoms with Crippen LogP contribution in [0.15, 0.2) is 28.5 Å². The predicted octanol–water partition coefficient (Wildman–Crippen LogP) is 4.23. The van der Waals surface area contributed by atoms with Crippen LogP contribution in [-0.2, 0) is 4.79 Å². The summed E-state index contributed by atoms with van der Waals surface area (Å²) in [5.41, 5.74) is 2.18. The fourth-order valence-electron chi connectivity index (χ4n) is 3.93. The van der Waals surface area contributed by atoms with Crippen LogP contribution in [0.5, 0.6) is 11.5 Å². The van der Waals surface area contributed by atoms with Gasteiger partial charge in [-0.3, -0.25) is 14.7 Å². The smallest absolute Gasteiger partial charge is 0.313 e. The number of benzene rings is 1. The summed E-state index contributed by atoms with van der Waals surface area (Å²) in [6.45, 7) is 0.526. The van der Waals surface area contributed by atoms with Crippen LogP contribution in [0, 0.1) is 0 Å². The first-order chi connectivity index (χ1) is 17.2. The van der Waals surface area contributed by atoms with E-state index < -0.39 is 11.9 Å². The third-order valence-corrected chi connectivity index (χ3v) is 6.70. The Hall–Kier alpha value is -2.96. The molecule has 3 heterocycles. The summed E-state index contributed by atoms with van der Waals surface area (Å²) in [6, 6.07) is 3.27. The van der Waals surface area contributed by atoms with Gasteiger partial charge in [-0.05, 0) is 6.07 Å². The maximum Gasteiger partial charge on any atom is 0.313 e. The van der Waals surface area contributed by atoms with Crippen LogP contribution in [0.2, 0.25) is 5.02 Å². The Balaban J connectivity index is 1.71. The number of ether oxygens (including phenoxy) is 2. The van der Waals surface area contributed by atoms with Crippen LogP contribution in [0.3, 0.4) is 0 Å². The van der Waals surface area contributed by atoms with Gasteiger partial charge in [0.2, 0.25) is 0 Å². The lowest BCUT2D eigenvalue weighted by molar-refractivity contribution is -0.133. The zero-order valence-corrected chi connectivity index (χ0v) is 21.1. The Morgan fingerprint density at radius 1 is 1.39 bits per heavy atom. The highest BCUT2D eigenvalue weighted by atomic mass is 35.5. The largest absolute Gasteiger partial charge is 0.493 e. The van der Waals surface area contributed by atoms with Gasteiger partial charge in [0, 0.05) is 56.2 Å². The van der Waals surface area contributed by atoms with E-state index in [9.17, 15) is 13.6 Å². The van der Waals surface area contributed by atoms with Crippen LogP contribution in [-0.4, -0.2) is 89.2 Å². The monoisotopic (exact) mass is 539 g/mol. The van der Waals surface area contributed by atoms with E-state index in [0.717, 1.165) is 17.3 Å². The molecule has 2 N–H and O–H groups in total. The molecule has 0 saturated carbocycles. The highest BCUT2D eigenvalue weighted by molar-refractivity contribution is 7.99. The van der Waals surface area contributed by atoms with E-state index in [1.807, 2.05) is 0 Å². The summed E-state index contributed by atoms with van der Waals surface area (Å²) in [7, 11) is 3.11. The minimum Gasteiger partial charge on any atom is -0.493 e. The van der Waals surface area contributed by atoms with Gasteiger partial charge in [0.05, 0.1) is 35.5 Å². The second-order valence-electron chi connectivity index (χ2n) is 8.11. The van der Waals surface area contributed by atoms with E-state index in [2.05, 4.69) is 19.9 Å². The van der Waals surface area contributed by atoms with E-state index in [1.54, 1.807) is 36.5 Å². The molecule has 1 aliphatic heterocycles. The summed E-state index contributed by atoms with van der Waals surface area (Å²) < 4.78 is 38.3. The highest BCUT2D eigenvalue weighted by Crippen LogP contribution is 2.41. The number of hydrogen-bond acceptors (Lipinski definition) is 8. The first kappa shape index (κ1) is 26.1. The van der Waals surface area contributed by atoms with Crippen LogP contribution in [0.1, 0.15) is 12.0 Å². The van der Waals surface area contributed by atoms with Gasteiger partial charge in [-0.2, -0.15) is 0 Å². The molecule has 3 aromatic rings. The second-order valence-corrected chi connectivity index (χ2v) is 9.46. The minimum atomic E-state index is -2.67. The summed E-state index contributed by atoms with van der Waals surface area (Å²) >= 11 is 7.61. The topological polar surface area (TPSA) is 113 Å². The van der Waals surface area contributed by atoms with Crippen molar-refractivity contribution in [3.63, 3.8) is 0 Å². The number of alkyl halides is 2. The Kier molecular flexibility index (Phi) is 7.96. The number of H-pyrrole nitrogens is 1. The Morgan fingerprint density at radius 3 is 2.86 bits per heavy atom. The number of thioether (sulfide) groups is 1. The molecule has 0 amide bonds. The van der Waals surface area contributed by atoms with E-state index in [0.29, 0.717) is 51.9 Å². The van der Waals surface area contributed by atoms with Gasteiger partial charge in [0.15, 0.2) is 16.7 Å². The van der Waals surface area contributed by atoms with Crippen molar-refractivity contribution < 1.29 is 28.2 Å². The Bertz CT molecular complexity index is 1300. The lowest BCUT2D eigenvalue weighted by Gasteiger charge is -2.18. The van der Waals surface area contributed by atoms with Crippen molar-refractivity contribution in [3.8, 4) is 22.8 Å². The molecule has 1 aromatic carbocycles. The molecule has 0 radical (unpaired) electrons. The number of rotatable bonds is 10. The van der Waals surface area contributed by atoms with Gasteiger partial charge >= 0.3 is 5.97 Å². The number of nitrogens with one attached hydrogen (secondary N) is 1. The zero-order chi connectivity index (χ0) is 25.9. The minimum absolute atomic E-state index is 0.159. The fourth-order valence-corrected chi connectivity index (χ4v) is 4.74. The molecule has 36 heavy (non-hydrogen) atoms. The van der Waals surface area contributed by atoms with Crippen molar-refractivity contribution in [1.82, 2.24) is 19.9 Å². The average Bonchev–Trinajstić information content (AvgIpc) is 3.40. The number of aliphatic carboxylic acids is 1. The number of carboxylic acids is 1. The Labute approximate surface area is 214 Å². The molecule has 0 bridgehead atoms. The van der Waals surface area contributed by atoms with Crippen molar-refractivity contribution in [1.29, 1.82) is 0 Å². The van der Waals surface area contributed by atoms with Crippen molar-refractivity contribution in [2.75, 3.05) is 46.2 Å². The number of nitrogens with zero attached hydrogens (tertiary/aromatic N) is 4. The number of carbonyl (C=O) groups is 1. The first-order valence-corrected chi connectivity index (χ1v) is 12.3.